The van der Waals surface area contributed by atoms with Crippen molar-refractivity contribution in [1.82, 2.24) is 15.2 Å². The van der Waals surface area contributed by atoms with Crippen molar-refractivity contribution in [2.45, 2.75) is 43.6 Å². The molecule has 0 aromatic carbocycles. The van der Waals surface area contributed by atoms with E-state index in [9.17, 15) is 18.0 Å². The van der Waals surface area contributed by atoms with E-state index < -0.39 is 11.7 Å². The second-order valence-electron chi connectivity index (χ2n) is 8.80. The van der Waals surface area contributed by atoms with E-state index in [1.165, 1.54) is 6.20 Å². The van der Waals surface area contributed by atoms with Gasteiger partial charge in [-0.25, -0.2) is 4.98 Å². The Morgan fingerprint density at radius 1 is 1.21 bits per heavy atom. The number of nitrogens with one attached hydrogen (secondary N) is 1. The minimum Gasteiger partial charge on any atom is -0.501 e. The van der Waals surface area contributed by atoms with Gasteiger partial charge in [-0.05, 0) is 25.0 Å². The first kappa shape index (κ1) is 24.7. The summed E-state index contributed by atoms with van der Waals surface area (Å²) in [7, 11) is 3.25. The number of amides is 1. The molecule has 3 aliphatic rings. The Kier molecular flexibility index (Phi) is 7.63. The molecule has 1 amide bonds. The molecule has 0 saturated carbocycles. The van der Waals surface area contributed by atoms with Gasteiger partial charge in [0.1, 0.15) is 11.6 Å². The quantitative estimate of drug-likeness (QED) is 0.664. The third-order valence-corrected chi connectivity index (χ3v) is 6.74. The summed E-state index contributed by atoms with van der Waals surface area (Å²) >= 11 is 0. The fraction of sp³-hybridized carbons (Fsp3) is 0.652. The Balaban J connectivity index is 1.35. The van der Waals surface area contributed by atoms with Gasteiger partial charge >= 0.3 is 6.18 Å². The summed E-state index contributed by atoms with van der Waals surface area (Å²) in [6.07, 6.45) is -1.25. The van der Waals surface area contributed by atoms with Crippen molar-refractivity contribution in [2.75, 3.05) is 58.5 Å². The molecule has 188 valence electrons. The number of alkyl halides is 3. The maximum Gasteiger partial charge on any atom is 0.416 e. The molecule has 1 aliphatic carbocycles. The molecule has 8 nitrogen and oxygen atoms in total. The van der Waals surface area contributed by atoms with Crippen molar-refractivity contribution >= 4 is 11.7 Å². The van der Waals surface area contributed by atoms with Gasteiger partial charge < -0.3 is 29.3 Å². The van der Waals surface area contributed by atoms with E-state index in [0.29, 0.717) is 63.6 Å². The lowest BCUT2D eigenvalue weighted by molar-refractivity contribution is -0.137. The van der Waals surface area contributed by atoms with Crippen molar-refractivity contribution < 1.29 is 32.2 Å². The molecule has 1 aromatic rings. The first-order valence-corrected chi connectivity index (χ1v) is 11.5. The third kappa shape index (κ3) is 5.47. The molecule has 2 fully saturated rings. The zero-order valence-corrected chi connectivity index (χ0v) is 19.4. The minimum absolute atomic E-state index is 0.0305. The molecule has 34 heavy (non-hydrogen) atoms. The number of ether oxygens (including phenoxy) is 3. The molecule has 0 spiro atoms. The highest BCUT2D eigenvalue weighted by atomic mass is 19.4. The smallest absolute Gasteiger partial charge is 0.416 e. The lowest BCUT2D eigenvalue weighted by Crippen LogP contribution is -2.51. The predicted molar refractivity (Wildman–Crippen MR) is 118 cm³/mol. The number of nitrogens with zero attached hydrogens (tertiary/aromatic N) is 3. The number of methoxy groups -OCH3 is 2. The Morgan fingerprint density at radius 3 is 2.65 bits per heavy atom. The maximum atomic E-state index is 13.3. The van der Waals surface area contributed by atoms with Crippen LogP contribution in [-0.4, -0.2) is 87.6 Å². The SMILES string of the molecule is COC1=C(C(=O)N2CCN(c3cc(C(F)(F)F)ccn3)CC2)C[C@H](NC2CCOCC2OC)C1. The van der Waals surface area contributed by atoms with Gasteiger partial charge in [0.2, 0.25) is 0 Å². The summed E-state index contributed by atoms with van der Waals surface area (Å²) in [5, 5.41) is 3.61. The van der Waals surface area contributed by atoms with Crippen LogP contribution in [0.2, 0.25) is 0 Å². The summed E-state index contributed by atoms with van der Waals surface area (Å²) in [5.74, 6) is 0.881. The van der Waals surface area contributed by atoms with Gasteiger partial charge in [0.25, 0.3) is 5.91 Å². The molecule has 3 heterocycles. The number of hydrogen-bond donors (Lipinski definition) is 1. The topological polar surface area (TPSA) is 76.2 Å². The van der Waals surface area contributed by atoms with E-state index in [4.69, 9.17) is 14.2 Å². The zero-order valence-electron chi connectivity index (χ0n) is 19.4. The van der Waals surface area contributed by atoms with Crippen LogP contribution in [0.15, 0.2) is 29.7 Å². The third-order valence-electron chi connectivity index (χ3n) is 6.74. The van der Waals surface area contributed by atoms with Crippen molar-refractivity contribution in [2.24, 2.45) is 0 Å². The maximum absolute atomic E-state index is 13.3. The standard InChI is InChI=1S/C23H31F3N4O4/c1-32-19-13-16(28-18-4-10-34-14-20(18)33-2)12-17(19)22(31)30-8-6-29(7-9-30)21-11-15(3-5-27-21)23(24,25)26/h3,5,11,16,18,20,28H,4,6-10,12-14H2,1-2H3/t16-,18?,20?/m0/s1. The summed E-state index contributed by atoms with van der Waals surface area (Å²) in [6.45, 7) is 2.85. The average molecular weight is 485 g/mol. The van der Waals surface area contributed by atoms with Gasteiger partial charge in [-0.1, -0.05) is 0 Å². The molecule has 2 aliphatic heterocycles. The molecule has 1 N–H and O–H groups in total. The molecule has 4 rings (SSSR count). The number of pyridine rings is 1. The predicted octanol–water partition coefficient (Wildman–Crippen LogP) is 2.21. The second-order valence-corrected chi connectivity index (χ2v) is 8.80. The van der Waals surface area contributed by atoms with Crippen LogP contribution >= 0.6 is 0 Å². The Morgan fingerprint density at radius 2 is 1.97 bits per heavy atom. The molecule has 2 unspecified atom stereocenters. The largest absolute Gasteiger partial charge is 0.501 e. The molecule has 0 radical (unpaired) electrons. The van der Waals surface area contributed by atoms with Gasteiger partial charge in [-0.15, -0.1) is 0 Å². The molecular weight excluding hydrogens is 453 g/mol. The van der Waals surface area contributed by atoms with Crippen LogP contribution in [0.25, 0.3) is 0 Å². The van der Waals surface area contributed by atoms with Gasteiger partial charge in [0.15, 0.2) is 0 Å². The highest BCUT2D eigenvalue weighted by molar-refractivity contribution is 5.94. The van der Waals surface area contributed by atoms with Crippen LogP contribution in [-0.2, 0) is 25.2 Å². The van der Waals surface area contributed by atoms with E-state index in [-0.39, 0.29) is 29.9 Å². The van der Waals surface area contributed by atoms with E-state index in [0.717, 1.165) is 18.6 Å². The number of aromatic nitrogens is 1. The fourth-order valence-electron chi connectivity index (χ4n) is 4.85. The Bertz CT molecular complexity index is 902. The number of carbonyl (C=O) groups is 1. The number of hydrogen-bond acceptors (Lipinski definition) is 7. The fourth-order valence-corrected chi connectivity index (χ4v) is 4.85. The van der Waals surface area contributed by atoms with Crippen molar-refractivity contribution in [1.29, 1.82) is 0 Å². The first-order valence-electron chi connectivity index (χ1n) is 11.5. The first-order chi connectivity index (χ1) is 16.3. The van der Waals surface area contributed by atoms with Gasteiger partial charge in [-0.3, -0.25) is 4.79 Å². The number of rotatable bonds is 6. The van der Waals surface area contributed by atoms with Gasteiger partial charge in [0.05, 0.1) is 31.0 Å². The van der Waals surface area contributed by atoms with Crippen LogP contribution in [0.3, 0.4) is 0 Å². The van der Waals surface area contributed by atoms with E-state index >= 15 is 0 Å². The Hall–Kier alpha value is -2.37. The van der Waals surface area contributed by atoms with Gasteiger partial charge in [-0.2, -0.15) is 13.2 Å². The highest BCUT2D eigenvalue weighted by Gasteiger charge is 2.36. The van der Waals surface area contributed by atoms with Crippen LogP contribution in [0.4, 0.5) is 19.0 Å². The lowest BCUT2D eigenvalue weighted by atomic mass is 10.0. The molecule has 0 bridgehead atoms. The monoisotopic (exact) mass is 484 g/mol. The molecule has 2 saturated heterocycles. The van der Waals surface area contributed by atoms with Crippen LogP contribution in [0, 0.1) is 0 Å². The summed E-state index contributed by atoms with van der Waals surface area (Å²) in [6, 6.07) is 2.24. The van der Waals surface area contributed by atoms with E-state index in [1.54, 1.807) is 24.0 Å². The second kappa shape index (κ2) is 10.5. The lowest BCUT2D eigenvalue weighted by Gasteiger charge is -2.36. The number of halogens is 3. The summed E-state index contributed by atoms with van der Waals surface area (Å²) in [5.41, 5.74) is -0.0673. The van der Waals surface area contributed by atoms with E-state index in [1.807, 2.05) is 0 Å². The van der Waals surface area contributed by atoms with Gasteiger partial charge in [0, 0.05) is 64.6 Å². The van der Waals surface area contributed by atoms with E-state index in [2.05, 4.69) is 10.3 Å². The number of anilines is 1. The van der Waals surface area contributed by atoms with Crippen LogP contribution in [0.5, 0.6) is 0 Å². The zero-order chi connectivity index (χ0) is 24.3. The molecule has 11 heteroatoms. The minimum atomic E-state index is -4.42. The summed E-state index contributed by atoms with van der Waals surface area (Å²) < 4.78 is 55.7. The van der Waals surface area contributed by atoms with Crippen LogP contribution < -0.4 is 10.2 Å². The van der Waals surface area contributed by atoms with Crippen molar-refractivity contribution in [3.05, 3.63) is 35.2 Å². The number of piperazine rings is 1. The number of carbonyl (C=O) groups excluding carboxylic acids is 1. The normalized spacial score (nSPS) is 26.2. The van der Waals surface area contributed by atoms with Crippen molar-refractivity contribution in [3.63, 3.8) is 0 Å². The Labute approximate surface area is 197 Å². The molecular formula is C23H31F3N4O4. The highest BCUT2D eigenvalue weighted by Crippen LogP contribution is 2.32. The average Bonchev–Trinajstić information content (AvgIpc) is 3.26. The molecule has 3 atom stereocenters. The molecule has 1 aromatic heterocycles. The van der Waals surface area contributed by atoms with Crippen molar-refractivity contribution in [3.8, 4) is 0 Å². The van der Waals surface area contributed by atoms with Crippen LogP contribution in [0.1, 0.15) is 24.8 Å². The summed E-state index contributed by atoms with van der Waals surface area (Å²) in [4.78, 5) is 20.9.